The van der Waals surface area contributed by atoms with Gasteiger partial charge in [0.1, 0.15) is 12.4 Å². The van der Waals surface area contributed by atoms with Crippen molar-refractivity contribution < 1.29 is 23.2 Å². The van der Waals surface area contributed by atoms with Gasteiger partial charge in [-0.25, -0.2) is 9.18 Å². The maximum atomic E-state index is 13.1. The average Bonchev–Trinajstić information content (AvgIpc) is 2.82. The minimum absolute atomic E-state index is 0.00759. The zero-order valence-corrected chi connectivity index (χ0v) is 10.3. The highest BCUT2D eigenvalue weighted by Crippen LogP contribution is 2.15. The molecule has 1 aromatic carbocycles. The van der Waals surface area contributed by atoms with Crippen LogP contribution in [0.2, 0.25) is 0 Å². The second-order valence-electron chi connectivity index (χ2n) is 3.69. The number of nitrogens with zero attached hydrogens (tertiary/aromatic N) is 2. The van der Waals surface area contributed by atoms with E-state index in [0.29, 0.717) is 11.4 Å². The summed E-state index contributed by atoms with van der Waals surface area (Å²) >= 11 is 0. The molecule has 0 aliphatic carbocycles. The highest BCUT2D eigenvalue weighted by Gasteiger charge is 2.14. The van der Waals surface area contributed by atoms with E-state index >= 15 is 0 Å². The highest BCUT2D eigenvalue weighted by atomic mass is 19.1. The van der Waals surface area contributed by atoms with E-state index in [1.54, 1.807) is 6.92 Å². The molecule has 1 aromatic heterocycles. The number of hydrogen-bond acceptors (Lipinski definition) is 6. The number of carbonyl (C=O) groups excluding carboxylic acids is 1. The lowest BCUT2D eigenvalue weighted by molar-refractivity contribution is 0.0596. The number of esters is 1. The van der Waals surface area contributed by atoms with Crippen molar-refractivity contribution in [1.82, 2.24) is 10.1 Å². The maximum absolute atomic E-state index is 13.1. The third-order valence-corrected chi connectivity index (χ3v) is 2.34. The lowest BCUT2D eigenvalue weighted by Crippen LogP contribution is -2.08. The van der Waals surface area contributed by atoms with Gasteiger partial charge < -0.3 is 9.47 Å². The van der Waals surface area contributed by atoms with Crippen LogP contribution in [0.3, 0.4) is 0 Å². The number of aromatic nitrogens is 2. The number of carbonyl (C=O) groups is 1. The van der Waals surface area contributed by atoms with Crippen molar-refractivity contribution in [3.8, 4) is 6.08 Å². The van der Waals surface area contributed by atoms with Gasteiger partial charge in [0.25, 0.3) is 0 Å². The molecule has 2 aromatic rings. The van der Waals surface area contributed by atoms with Gasteiger partial charge in [-0.1, -0.05) is 11.2 Å². The summed E-state index contributed by atoms with van der Waals surface area (Å²) < 4.78 is 27.7. The number of benzene rings is 1. The van der Waals surface area contributed by atoms with Crippen LogP contribution < -0.4 is 4.74 Å². The maximum Gasteiger partial charge on any atom is 0.417 e. The lowest BCUT2D eigenvalue weighted by atomic mass is 10.1. The molecule has 0 atom stereocenters. The van der Waals surface area contributed by atoms with Crippen molar-refractivity contribution in [2.75, 3.05) is 7.11 Å². The van der Waals surface area contributed by atoms with Crippen molar-refractivity contribution in [1.29, 1.82) is 0 Å². The molecule has 0 amide bonds. The Morgan fingerprint density at radius 1 is 1.47 bits per heavy atom. The minimum Gasteiger partial charge on any atom is -0.465 e. The number of hydrogen-bond donors (Lipinski definition) is 0. The Bertz CT molecular complexity index is 597. The molecule has 0 N–H and O–H groups in total. The van der Waals surface area contributed by atoms with E-state index in [9.17, 15) is 9.18 Å². The van der Waals surface area contributed by atoms with E-state index < -0.39 is 11.8 Å². The van der Waals surface area contributed by atoms with Crippen LogP contribution >= 0.6 is 0 Å². The monoisotopic (exact) mass is 266 g/mol. The van der Waals surface area contributed by atoms with Crippen LogP contribution in [0.15, 0.2) is 22.7 Å². The molecule has 0 saturated heterocycles. The second-order valence-corrected chi connectivity index (χ2v) is 3.69. The molecule has 19 heavy (non-hydrogen) atoms. The molecule has 0 saturated carbocycles. The largest absolute Gasteiger partial charge is 0.465 e. The first-order valence-electron chi connectivity index (χ1n) is 5.40. The van der Waals surface area contributed by atoms with Gasteiger partial charge in [0.15, 0.2) is 5.82 Å². The van der Waals surface area contributed by atoms with Crippen molar-refractivity contribution in [2.45, 2.75) is 13.5 Å². The van der Waals surface area contributed by atoms with Gasteiger partial charge in [-0.05, 0) is 19.1 Å². The van der Waals surface area contributed by atoms with E-state index in [4.69, 9.17) is 9.26 Å². The first-order chi connectivity index (χ1) is 9.10. The molecule has 0 bridgehead atoms. The van der Waals surface area contributed by atoms with Gasteiger partial charge >= 0.3 is 12.0 Å². The molecular weight excluding hydrogens is 255 g/mol. The van der Waals surface area contributed by atoms with Crippen LogP contribution in [0, 0.1) is 12.7 Å². The van der Waals surface area contributed by atoms with Crippen molar-refractivity contribution >= 4 is 5.97 Å². The van der Waals surface area contributed by atoms with Gasteiger partial charge in [0.05, 0.1) is 12.7 Å². The molecule has 100 valence electrons. The summed E-state index contributed by atoms with van der Waals surface area (Å²) in [6.45, 7) is 1.64. The number of aryl methyl sites for hydroxylation is 1. The normalized spacial score (nSPS) is 10.3. The van der Waals surface area contributed by atoms with Gasteiger partial charge in [-0.15, -0.1) is 0 Å². The van der Waals surface area contributed by atoms with Crippen molar-refractivity contribution in [3.05, 3.63) is 41.0 Å². The van der Waals surface area contributed by atoms with Crippen LogP contribution in [0.5, 0.6) is 6.08 Å². The molecule has 0 aliphatic rings. The number of ether oxygens (including phenoxy) is 2. The van der Waals surface area contributed by atoms with Crippen molar-refractivity contribution in [2.24, 2.45) is 0 Å². The van der Waals surface area contributed by atoms with E-state index in [0.717, 1.165) is 6.07 Å². The summed E-state index contributed by atoms with van der Waals surface area (Å²) in [6, 6.07) is 3.75. The molecule has 1 heterocycles. The molecule has 6 nitrogen and oxygen atoms in total. The molecule has 0 spiro atoms. The van der Waals surface area contributed by atoms with Gasteiger partial charge in [0, 0.05) is 5.56 Å². The molecule has 2 rings (SSSR count). The Balaban J connectivity index is 2.17. The first kappa shape index (κ1) is 13.0. The smallest absolute Gasteiger partial charge is 0.417 e. The van der Waals surface area contributed by atoms with Gasteiger partial charge in [0.2, 0.25) is 0 Å². The molecule has 0 radical (unpaired) electrons. The fraction of sp³-hybridized carbons (Fsp3) is 0.250. The van der Waals surface area contributed by atoms with Crippen LogP contribution in [0.4, 0.5) is 4.39 Å². The number of halogens is 1. The minimum atomic E-state index is -0.639. The predicted octanol–water partition coefficient (Wildman–Crippen LogP) is 1.88. The van der Waals surface area contributed by atoms with Gasteiger partial charge in [-0.2, -0.15) is 4.98 Å². The highest BCUT2D eigenvalue weighted by molar-refractivity contribution is 5.90. The molecule has 0 fully saturated rings. The fourth-order valence-corrected chi connectivity index (χ4v) is 1.45. The zero-order valence-electron chi connectivity index (χ0n) is 10.3. The Kier molecular flexibility index (Phi) is 3.74. The Labute approximate surface area is 108 Å². The molecular formula is C12H11FN2O4. The quantitative estimate of drug-likeness (QED) is 0.786. The zero-order chi connectivity index (χ0) is 13.8. The lowest BCUT2D eigenvalue weighted by Gasteiger charge is -2.07. The van der Waals surface area contributed by atoms with Crippen LogP contribution in [-0.2, 0) is 11.3 Å². The third kappa shape index (κ3) is 3.06. The van der Waals surface area contributed by atoms with Crippen LogP contribution in [0.1, 0.15) is 21.7 Å². The second kappa shape index (κ2) is 5.47. The SMILES string of the molecule is COC(=O)c1cc(F)ccc1COc1nc(C)no1. The van der Waals surface area contributed by atoms with E-state index in [1.807, 2.05) is 0 Å². The summed E-state index contributed by atoms with van der Waals surface area (Å²) in [7, 11) is 1.22. The summed E-state index contributed by atoms with van der Waals surface area (Å²) in [5, 5.41) is 3.55. The van der Waals surface area contributed by atoms with E-state index in [1.165, 1.54) is 19.2 Å². The van der Waals surface area contributed by atoms with Gasteiger partial charge in [-0.3, -0.25) is 4.52 Å². The standard InChI is InChI=1S/C12H11FN2O4/c1-7-14-12(19-15-7)18-6-8-3-4-9(13)5-10(8)11(16)17-2/h3-5H,6H2,1-2H3. The fourth-order valence-electron chi connectivity index (χ4n) is 1.45. The Morgan fingerprint density at radius 2 is 2.26 bits per heavy atom. The number of rotatable bonds is 4. The molecule has 0 unspecified atom stereocenters. The number of methoxy groups -OCH3 is 1. The molecule has 7 heteroatoms. The molecule has 0 aliphatic heterocycles. The summed E-state index contributed by atoms with van der Waals surface area (Å²) in [5.41, 5.74) is 0.558. The Hall–Kier alpha value is -2.44. The predicted molar refractivity (Wildman–Crippen MR) is 61.1 cm³/mol. The Morgan fingerprint density at radius 3 is 2.89 bits per heavy atom. The van der Waals surface area contributed by atoms with E-state index in [-0.39, 0.29) is 18.2 Å². The first-order valence-corrected chi connectivity index (χ1v) is 5.40. The van der Waals surface area contributed by atoms with Crippen molar-refractivity contribution in [3.63, 3.8) is 0 Å². The van der Waals surface area contributed by atoms with Crippen LogP contribution in [-0.4, -0.2) is 23.2 Å². The summed E-state index contributed by atoms with van der Waals surface area (Å²) in [4.78, 5) is 15.4. The topological polar surface area (TPSA) is 74.5 Å². The average molecular weight is 266 g/mol. The third-order valence-electron chi connectivity index (χ3n) is 2.34. The summed E-state index contributed by atoms with van der Waals surface area (Å²) in [6.07, 6.45) is -0.0161. The summed E-state index contributed by atoms with van der Waals surface area (Å²) in [5.74, 6) is -0.736. The van der Waals surface area contributed by atoms with Crippen LogP contribution in [0.25, 0.3) is 0 Å². The van der Waals surface area contributed by atoms with E-state index in [2.05, 4.69) is 14.9 Å².